The minimum Gasteiger partial charge on any atom is -0.475 e. The van der Waals surface area contributed by atoms with Gasteiger partial charge in [0.05, 0.1) is 25.5 Å². The Morgan fingerprint density at radius 3 is 2.83 bits per heavy atom. The van der Waals surface area contributed by atoms with Gasteiger partial charge in [0.25, 0.3) is 0 Å². The van der Waals surface area contributed by atoms with Crippen LogP contribution < -0.4 is 14.6 Å². The van der Waals surface area contributed by atoms with E-state index in [1.807, 2.05) is 0 Å². The fourth-order valence-corrected chi connectivity index (χ4v) is 3.63. The first-order valence-corrected chi connectivity index (χ1v) is 10.1. The van der Waals surface area contributed by atoms with Crippen LogP contribution in [0.3, 0.4) is 0 Å². The Balaban J connectivity index is 1.57. The van der Waals surface area contributed by atoms with Crippen LogP contribution in [0, 0.1) is 0 Å². The van der Waals surface area contributed by atoms with Crippen LogP contribution >= 0.6 is 0 Å². The molecular formula is C18H17F3N2O6S. The standard InChI is InChI=1S/C18H17F3N2O6S/c19-18(20,21)30(25)29-12-1-2-14-11(7-12)3-4-23-15(14)8-16(22-17(23)24)28-10-13-9-26-5-6-27-13/h1-2,7-8,13H,3-6,9-10H2/t13-,30?/m1/s1. The average molecular weight is 446 g/mol. The molecule has 1 saturated heterocycles. The third kappa shape index (κ3) is 4.50. The van der Waals surface area contributed by atoms with Crippen LogP contribution in [-0.4, -0.2) is 51.8 Å². The fourth-order valence-electron chi connectivity index (χ4n) is 3.25. The number of alkyl halides is 3. The molecule has 12 heteroatoms. The molecule has 1 aromatic carbocycles. The molecule has 2 atom stereocenters. The molecule has 1 aromatic heterocycles. The molecule has 0 saturated carbocycles. The van der Waals surface area contributed by atoms with E-state index in [0.29, 0.717) is 49.6 Å². The van der Waals surface area contributed by atoms with Gasteiger partial charge in [0.1, 0.15) is 18.5 Å². The lowest BCUT2D eigenvalue weighted by molar-refractivity contribution is -0.102. The van der Waals surface area contributed by atoms with E-state index in [1.54, 1.807) is 6.07 Å². The molecular weight excluding hydrogens is 429 g/mol. The molecule has 0 aliphatic carbocycles. The number of aryl methyl sites for hydroxylation is 1. The highest BCUT2D eigenvalue weighted by molar-refractivity contribution is 7.81. The largest absolute Gasteiger partial charge is 0.508 e. The van der Waals surface area contributed by atoms with Crippen molar-refractivity contribution in [3.8, 4) is 22.9 Å². The monoisotopic (exact) mass is 446 g/mol. The Morgan fingerprint density at radius 1 is 1.27 bits per heavy atom. The molecule has 2 aliphatic heterocycles. The summed E-state index contributed by atoms with van der Waals surface area (Å²) in [5.74, 6) is -0.0491. The van der Waals surface area contributed by atoms with Crippen LogP contribution in [0.15, 0.2) is 29.1 Å². The first kappa shape index (κ1) is 20.8. The lowest BCUT2D eigenvalue weighted by Crippen LogP contribution is -2.34. The molecule has 0 amide bonds. The molecule has 162 valence electrons. The zero-order valence-electron chi connectivity index (χ0n) is 15.5. The molecule has 30 heavy (non-hydrogen) atoms. The molecule has 2 aliphatic rings. The fraction of sp³-hybridized carbons (Fsp3) is 0.444. The molecule has 0 spiro atoms. The van der Waals surface area contributed by atoms with E-state index in [0.717, 1.165) is 0 Å². The normalized spacial score (nSPS) is 19.5. The van der Waals surface area contributed by atoms with Gasteiger partial charge >= 0.3 is 22.3 Å². The molecule has 0 bridgehead atoms. The quantitative estimate of drug-likeness (QED) is 0.692. The molecule has 0 radical (unpaired) electrons. The van der Waals surface area contributed by atoms with E-state index in [-0.39, 0.29) is 24.3 Å². The molecule has 2 aromatic rings. The number of rotatable bonds is 5. The maximum atomic E-state index is 12.5. The van der Waals surface area contributed by atoms with Gasteiger partial charge in [-0.15, -0.1) is 0 Å². The van der Waals surface area contributed by atoms with E-state index in [4.69, 9.17) is 14.2 Å². The first-order chi connectivity index (χ1) is 14.3. The lowest BCUT2D eigenvalue weighted by atomic mass is 9.97. The highest BCUT2D eigenvalue weighted by Crippen LogP contribution is 2.33. The van der Waals surface area contributed by atoms with Crippen molar-refractivity contribution in [1.82, 2.24) is 9.55 Å². The van der Waals surface area contributed by atoms with Gasteiger partial charge in [0, 0.05) is 18.2 Å². The van der Waals surface area contributed by atoms with Crippen LogP contribution in [0.25, 0.3) is 11.3 Å². The number of benzene rings is 1. The molecule has 8 nitrogen and oxygen atoms in total. The van der Waals surface area contributed by atoms with E-state index in [2.05, 4.69) is 9.17 Å². The van der Waals surface area contributed by atoms with Crippen LogP contribution in [0.4, 0.5) is 13.2 Å². The van der Waals surface area contributed by atoms with Gasteiger partial charge in [-0.25, -0.2) is 9.00 Å². The summed E-state index contributed by atoms with van der Waals surface area (Å²) in [7, 11) is 0. The van der Waals surface area contributed by atoms with Crippen molar-refractivity contribution in [1.29, 1.82) is 0 Å². The van der Waals surface area contributed by atoms with Crippen molar-refractivity contribution < 1.29 is 35.8 Å². The van der Waals surface area contributed by atoms with Gasteiger partial charge in [0.2, 0.25) is 5.88 Å². The van der Waals surface area contributed by atoms with Crippen molar-refractivity contribution in [3.05, 3.63) is 40.3 Å². The highest BCUT2D eigenvalue weighted by atomic mass is 32.2. The maximum absolute atomic E-state index is 12.5. The van der Waals surface area contributed by atoms with Gasteiger partial charge < -0.3 is 18.4 Å². The number of halogens is 3. The average Bonchev–Trinajstić information content (AvgIpc) is 2.72. The Morgan fingerprint density at radius 2 is 2.10 bits per heavy atom. The Labute approximate surface area is 171 Å². The molecule has 1 fully saturated rings. The summed E-state index contributed by atoms with van der Waals surface area (Å²) in [5.41, 5.74) is -3.65. The second-order valence-electron chi connectivity index (χ2n) is 6.63. The molecule has 0 N–H and O–H groups in total. The van der Waals surface area contributed by atoms with Gasteiger partial charge in [-0.2, -0.15) is 18.2 Å². The van der Waals surface area contributed by atoms with E-state index < -0.39 is 22.3 Å². The molecule has 1 unspecified atom stereocenters. The van der Waals surface area contributed by atoms with Crippen LogP contribution in [0.5, 0.6) is 11.6 Å². The Bertz CT molecular complexity index is 1020. The predicted molar refractivity (Wildman–Crippen MR) is 98.5 cm³/mol. The highest BCUT2D eigenvalue weighted by Gasteiger charge is 2.40. The summed E-state index contributed by atoms with van der Waals surface area (Å²) in [6, 6.07) is 5.78. The van der Waals surface area contributed by atoms with Crippen LogP contribution in [-0.2, 0) is 33.5 Å². The second kappa shape index (κ2) is 8.36. The minimum atomic E-state index is -4.97. The van der Waals surface area contributed by atoms with E-state index in [9.17, 15) is 22.2 Å². The summed E-state index contributed by atoms with van der Waals surface area (Å²) in [6.07, 6.45) is 0.119. The van der Waals surface area contributed by atoms with Gasteiger partial charge in [-0.1, -0.05) is 0 Å². The Kier molecular flexibility index (Phi) is 5.80. The van der Waals surface area contributed by atoms with Crippen molar-refractivity contribution in [3.63, 3.8) is 0 Å². The smallest absolute Gasteiger partial charge is 0.475 e. The summed E-state index contributed by atoms with van der Waals surface area (Å²) in [4.78, 5) is 16.3. The topological polar surface area (TPSA) is 88.9 Å². The summed E-state index contributed by atoms with van der Waals surface area (Å²) in [6.45, 7) is 1.83. The Hall–Kier alpha value is -2.44. The zero-order valence-corrected chi connectivity index (χ0v) is 16.3. The number of hydrogen-bond donors (Lipinski definition) is 0. The predicted octanol–water partition coefficient (Wildman–Crippen LogP) is 1.82. The van der Waals surface area contributed by atoms with Crippen molar-refractivity contribution in [2.24, 2.45) is 0 Å². The lowest BCUT2D eigenvalue weighted by Gasteiger charge is -2.24. The number of fused-ring (bicyclic) bond motifs is 3. The summed E-state index contributed by atoms with van der Waals surface area (Å²) in [5, 5.41) is 0. The third-order valence-corrected chi connectivity index (χ3v) is 5.33. The number of aromatic nitrogens is 2. The number of hydrogen-bond acceptors (Lipinski definition) is 7. The van der Waals surface area contributed by atoms with Crippen molar-refractivity contribution in [2.75, 3.05) is 26.4 Å². The van der Waals surface area contributed by atoms with Crippen molar-refractivity contribution in [2.45, 2.75) is 24.6 Å². The number of nitrogens with zero attached hydrogens (tertiary/aromatic N) is 2. The van der Waals surface area contributed by atoms with Gasteiger partial charge in [-0.3, -0.25) is 4.57 Å². The van der Waals surface area contributed by atoms with E-state index in [1.165, 1.54) is 22.8 Å². The summed E-state index contributed by atoms with van der Waals surface area (Å²) >= 11 is -3.45. The first-order valence-electron chi connectivity index (χ1n) is 9.05. The van der Waals surface area contributed by atoms with Gasteiger partial charge in [0.15, 0.2) is 0 Å². The number of ether oxygens (including phenoxy) is 3. The molecule has 3 heterocycles. The van der Waals surface area contributed by atoms with Crippen molar-refractivity contribution >= 4 is 11.1 Å². The summed E-state index contributed by atoms with van der Waals surface area (Å²) < 4.78 is 70.9. The van der Waals surface area contributed by atoms with Gasteiger partial charge in [-0.05, 0) is 30.2 Å². The second-order valence-corrected chi connectivity index (χ2v) is 7.72. The maximum Gasteiger partial charge on any atom is 0.508 e. The zero-order chi connectivity index (χ0) is 21.3. The van der Waals surface area contributed by atoms with Crippen LogP contribution in [0.2, 0.25) is 0 Å². The third-order valence-electron chi connectivity index (χ3n) is 4.61. The SMILES string of the molecule is O=c1nc(OC[C@H]2COCCO2)cc2n1CCc1cc(OS(=O)C(F)(F)F)ccc1-2. The van der Waals surface area contributed by atoms with E-state index >= 15 is 0 Å². The minimum absolute atomic E-state index is 0.117. The van der Waals surface area contributed by atoms with Crippen LogP contribution in [0.1, 0.15) is 5.56 Å². The molecule has 4 rings (SSSR count).